The van der Waals surface area contributed by atoms with E-state index in [1.54, 1.807) is 0 Å². The normalized spacial score (nSPS) is 13.4. The third-order valence-electron chi connectivity index (χ3n) is 13.0. The van der Waals surface area contributed by atoms with Crippen LogP contribution in [0.3, 0.4) is 0 Å². The van der Waals surface area contributed by atoms with Crippen LogP contribution >= 0.6 is 0 Å². The van der Waals surface area contributed by atoms with Crippen LogP contribution in [0.1, 0.15) is 259 Å². The summed E-state index contributed by atoms with van der Waals surface area (Å²) in [5.41, 5.74) is 0. The van der Waals surface area contributed by atoms with Gasteiger partial charge in [-0.3, -0.25) is 14.4 Å². The summed E-state index contributed by atoms with van der Waals surface area (Å²) in [6, 6.07) is 0. The van der Waals surface area contributed by atoms with Crippen LogP contribution in [0.25, 0.3) is 0 Å². The highest BCUT2D eigenvalue weighted by Crippen LogP contribution is 2.21. The molecular formula is C53H102N2O6. The molecule has 1 saturated heterocycles. The highest BCUT2D eigenvalue weighted by molar-refractivity contribution is 5.78. The zero-order chi connectivity index (χ0) is 44.3. The van der Waals surface area contributed by atoms with Crippen molar-refractivity contribution in [2.24, 2.45) is 11.8 Å². The summed E-state index contributed by atoms with van der Waals surface area (Å²) in [7, 11) is 0. The van der Waals surface area contributed by atoms with E-state index in [9.17, 15) is 14.4 Å². The van der Waals surface area contributed by atoms with Gasteiger partial charge in [0.15, 0.2) is 0 Å². The highest BCUT2D eigenvalue weighted by Gasteiger charge is 2.21. The molecule has 8 nitrogen and oxygen atoms in total. The molecule has 8 heteroatoms. The molecule has 0 aromatic rings. The summed E-state index contributed by atoms with van der Waals surface area (Å²) in [6.07, 6.45) is 40.8. The molecule has 1 rings (SSSR count). The first kappa shape index (κ1) is 57.3. The molecule has 1 N–H and O–H groups in total. The van der Waals surface area contributed by atoms with E-state index in [0.29, 0.717) is 38.6 Å². The zero-order valence-corrected chi connectivity index (χ0v) is 41.0. The quantitative estimate of drug-likeness (QED) is 0.0481. The predicted octanol–water partition coefficient (Wildman–Crippen LogP) is 14.2. The van der Waals surface area contributed by atoms with Gasteiger partial charge in [-0.1, -0.05) is 169 Å². The Hall–Kier alpha value is -1.67. The number of ether oxygens (including phenoxy) is 3. The second-order valence-corrected chi connectivity index (χ2v) is 18.8. The summed E-state index contributed by atoms with van der Waals surface area (Å²) in [5.74, 6) is 0.982. The number of hydrogen-bond donors (Lipinski definition) is 1. The van der Waals surface area contributed by atoms with E-state index >= 15 is 0 Å². The van der Waals surface area contributed by atoms with Crippen molar-refractivity contribution < 1.29 is 28.6 Å². The molecular weight excluding hydrogens is 761 g/mol. The fourth-order valence-corrected chi connectivity index (χ4v) is 8.87. The Balaban J connectivity index is 2.38. The summed E-state index contributed by atoms with van der Waals surface area (Å²) in [5, 5.41) is 3.19. The van der Waals surface area contributed by atoms with Crippen LogP contribution < -0.4 is 5.32 Å². The molecule has 0 atom stereocenters. The molecule has 0 radical (unpaired) electrons. The van der Waals surface area contributed by atoms with E-state index < -0.39 is 0 Å². The van der Waals surface area contributed by atoms with E-state index in [0.717, 1.165) is 116 Å². The Morgan fingerprint density at radius 1 is 0.525 bits per heavy atom. The van der Waals surface area contributed by atoms with Crippen molar-refractivity contribution >= 4 is 17.8 Å². The van der Waals surface area contributed by atoms with E-state index in [4.69, 9.17) is 14.2 Å². The van der Waals surface area contributed by atoms with Crippen molar-refractivity contribution in [1.82, 2.24) is 10.2 Å². The van der Waals surface area contributed by atoms with Gasteiger partial charge < -0.3 is 24.4 Å². The Labute approximate surface area is 378 Å². The van der Waals surface area contributed by atoms with Crippen molar-refractivity contribution in [2.75, 3.05) is 46.0 Å². The molecule has 61 heavy (non-hydrogen) atoms. The van der Waals surface area contributed by atoms with E-state index in [1.807, 2.05) is 0 Å². The minimum absolute atomic E-state index is 0.0148. The second kappa shape index (κ2) is 43.6. The molecule has 0 bridgehead atoms. The van der Waals surface area contributed by atoms with Gasteiger partial charge in [0.25, 0.3) is 0 Å². The lowest BCUT2D eigenvalue weighted by atomic mass is 9.93. The van der Waals surface area contributed by atoms with Gasteiger partial charge in [-0.25, -0.2) is 0 Å². The monoisotopic (exact) mass is 863 g/mol. The number of nitrogens with zero attached hydrogens (tertiary/aromatic N) is 1. The molecule has 0 unspecified atom stereocenters. The summed E-state index contributed by atoms with van der Waals surface area (Å²) in [4.78, 5) is 40.5. The molecule has 1 fully saturated rings. The summed E-state index contributed by atoms with van der Waals surface area (Å²) >= 11 is 0. The minimum Gasteiger partial charge on any atom is -0.466 e. The lowest BCUT2D eigenvalue weighted by Crippen LogP contribution is -2.36. The van der Waals surface area contributed by atoms with Crippen molar-refractivity contribution in [3.05, 3.63) is 0 Å². The SMILES string of the molecule is CCCCCCCCC(CCCCCCCC)OC(=O)CCCCCCCN(CCCCCCCC(=O)OCCC(CCCC)CCCC)CCCNC(=O)C1CCOCC1. The molecule has 0 aliphatic carbocycles. The van der Waals surface area contributed by atoms with Gasteiger partial charge in [-0.05, 0) is 103 Å². The topological polar surface area (TPSA) is 94.2 Å². The van der Waals surface area contributed by atoms with Crippen LogP contribution in [0.4, 0.5) is 0 Å². The first-order valence-corrected chi connectivity index (χ1v) is 26.9. The first-order valence-electron chi connectivity index (χ1n) is 26.9. The molecule has 1 aliphatic heterocycles. The number of esters is 2. The Morgan fingerprint density at radius 3 is 1.52 bits per heavy atom. The number of hydrogen-bond acceptors (Lipinski definition) is 7. The standard InChI is InChI=1S/C53H102N2O6/c1-5-9-13-15-19-25-34-50(35-26-20-16-14-10-6-2)61-52(57)37-28-22-18-24-30-43-55(44-31-41-54-53(58)49-39-45-59-46-40-49)42-29-23-17-21-27-36-51(56)60-47-38-48(32-11-7-3)33-12-8-4/h48-50H,5-47H2,1-4H3,(H,54,58). The lowest BCUT2D eigenvalue weighted by molar-refractivity contribution is -0.150. The highest BCUT2D eigenvalue weighted by atomic mass is 16.5. The smallest absolute Gasteiger partial charge is 0.306 e. The average Bonchev–Trinajstić information content (AvgIpc) is 3.27. The molecule has 1 heterocycles. The molecule has 360 valence electrons. The van der Waals surface area contributed by atoms with Gasteiger partial charge in [0.2, 0.25) is 5.91 Å². The largest absolute Gasteiger partial charge is 0.466 e. The van der Waals surface area contributed by atoms with E-state index in [-0.39, 0.29) is 29.9 Å². The van der Waals surface area contributed by atoms with Crippen molar-refractivity contribution in [2.45, 2.75) is 265 Å². The maximum atomic E-state index is 12.9. The maximum Gasteiger partial charge on any atom is 0.306 e. The van der Waals surface area contributed by atoms with Crippen molar-refractivity contribution in [1.29, 1.82) is 0 Å². The van der Waals surface area contributed by atoms with Gasteiger partial charge in [-0.15, -0.1) is 0 Å². The molecule has 1 aliphatic rings. The number of unbranched alkanes of at least 4 members (excludes halogenated alkanes) is 20. The number of nitrogens with one attached hydrogen (secondary N) is 1. The van der Waals surface area contributed by atoms with Gasteiger partial charge in [0, 0.05) is 38.5 Å². The van der Waals surface area contributed by atoms with Crippen molar-refractivity contribution in [3.63, 3.8) is 0 Å². The molecule has 0 aromatic heterocycles. The van der Waals surface area contributed by atoms with Gasteiger partial charge in [0.05, 0.1) is 6.61 Å². The van der Waals surface area contributed by atoms with Gasteiger partial charge in [0.1, 0.15) is 6.10 Å². The predicted molar refractivity (Wildman–Crippen MR) is 257 cm³/mol. The maximum absolute atomic E-state index is 12.9. The zero-order valence-electron chi connectivity index (χ0n) is 41.0. The minimum atomic E-state index is -0.0222. The number of rotatable bonds is 45. The number of carbonyl (C=O) groups excluding carboxylic acids is 3. The van der Waals surface area contributed by atoms with E-state index in [2.05, 4.69) is 37.9 Å². The van der Waals surface area contributed by atoms with Crippen LogP contribution in [-0.2, 0) is 28.6 Å². The Kier molecular flexibility index (Phi) is 41.0. The molecule has 1 amide bonds. The van der Waals surface area contributed by atoms with Gasteiger partial charge >= 0.3 is 11.9 Å². The number of carbonyl (C=O) groups is 3. The van der Waals surface area contributed by atoms with Crippen LogP contribution in [0.2, 0.25) is 0 Å². The Morgan fingerprint density at radius 2 is 0.984 bits per heavy atom. The third-order valence-corrected chi connectivity index (χ3v) is 13.0. The first-order chi connectivity index (χ1) is 29.9. The Bertz CT molecular complexity index is 964. The van der Waals surface area contributed by atoms with Crippen LogP contribution in [0.15, 0.2) is 0 Å². The lowest BCUT2D eigenvalue weighted by Gasteiger charge is -2.24. The average molecular weight is 863 g/mol. The summed E-state index contributed by atoms with van der Waals surface area (Å²) in [6.45, 7) is 14.9. The van der Waals surface area contributed by atoms with Crippen LogP contribution in [0, 0.1) is 11.8 Å². The fourth-order valence-electron chi connectivity index (χ4n) is 8.87. The van der Waals surface area contributed by atoms with Crippen molar-refractivity contribution in [3.8, 4) is 0 Å². The molecule has 0 aromatic carbocycles. The van der Waals surface area contributed by atoms with E-state index in [1.165, 1.54) is 128 Å². The fraction of sp³-hybridized carbons (Fsp3) is 0.943. The van der Waals surface area contributed by atoms with Gasteiger partial charge in [-0.2, -0.15) is 0 Å². The molecule has 0 saturated carbocycles. The molecule has 0 spiro atoms. The third kappa shape index (κ3) is 36.4. The van der Waals surface area contributed by atoms with Crippen LogP contribution in [0.5, 0.6) is 0 Å². The summed E-state index contributed by atoms with van der Waals surface area (Å²) < 4.78 is 17.1. The second-order valence-electron chi connectivity index (χ2n) is 18.8. The number of amides is 1. The van der Waals surface area contributed by atoms with Crippen LogP contribution in [-0.4, -0.2) is 74.8 Å².